The van der Waals surface area contributed by atoms with Crippen molar-refractivity contribution in [3.63, 3.8) is 0 Å². The van der Waals surface area contributed by atoms with E-state index in [4.69, 9.17) is 14.7 Å². The van der Waals surface area contributed by atoms with Gasteiger partial charge in [-0.3, -0.25) is 14.5 Å². The van der Waals surface area contributed by atoms with Gasteiger partial charge in [0.1, 0.15) is 23.3 Å². The van der Waals surface area contributed by atoms with E-state index in [-0.39, 0.29) is 41.9 Å². The van der Waals surface area contributed by atoms with Crippen molar-refractivity contribution < 1.29 is 19.1 Å². The van der Waals surface area contributed by atoms with Crippen LogP contribution in [0, 0.1) is 5.92 Å². The van der Waals surface area contributed by atoms with Crippen LogP contribution < -0.4 is 5.32 Å². The summed E-state index contributed by atoms with van der Waals surface area (Å²) in [4.78, 5) is 63.7. The molecule has 12 nitrogen and oxygen atoms in total. The molecule has 4 aliphatic rings. The van der Waals surface area contributed by atoms with Gasteiger partial charge >= 0.3 is 6.09 Å². The molecule has 0 spiro atoms. The van der Waals surface area contributed by atoms with Crippen LogP contribution in [0.4, 0.5) is 4.79 Å². The third-order valence-corrected chi connectivity index (χ3v) is 13.5. The van der Waals surface area contributed by atoms with Gasteiger partial charge < -0.3 is 29.8 Å². The molecule has 3 amide bonds. The van der Waals surface area contributed by atoms with Crippen molar-refractivity contribution in [3.05, 3.63) is 108 Å². The minimum absolute atomic E-state index is 0.0317. The van der Waals surface area contributed by atoms with Gasteiger partial charge in [0.2, 0.25) is 11.8 Å². The highest BCUT2D eigenvalue weighted by atomic mass is 16.6. The fraction of sp³-hybridized carbons (Fsp3) is 0.471. The van der Waals surface area contributed by atoms with Crippen LogP contribution in [0.2, 0.25) is 0 Å². The van der Waals surface area contributed by atoms with E-state index in [1.165, 1.54) is 6.42 Å². The van der Waals surface area contributed by atoms with Crippen LogP contribution in [-0.2, 0) is 14.3 Å². The average Bonchev–Trinajstić information content (AvgIpc) is 4.14. The number of carbonyl (C=O) groups is 3. The summed E-state index contributed by atoms with van der Waals surface area (Å²) in [6.07, 6.45) is 13.6. The Hall–Kier alpha value is -5.75. The third-order valence-electron chi connectivity index (χ3n) is 13.5. The summed E-state index contributed by atoms with van der Waals surface area (Å²) >= 11 is 0. The SMILES string of the molecule is CC(C)(C)OC(=O)NC1CCC(C(=O)N2CCC[C@H]2c2ncc(-c3ccc(-c4ccc(-c5cnc([C@@H]6CCCN6C(=O)[C@@H](c6ccccc6)N6CCCCC6)[nH]5)cc4)cc3)[nH]2)CC1. The van der Waals surface area contributed by atoms with E-state index >= 15 is 0 Å². The van der Waals surface area contributed by atoms with Gasteiger partial charge in [-0.05, 0) is 126 Å². The van der Waals surface area contributed by atoms with Crippen LogP contribution in [0.15, 0.2) is 91.3 Å². The zero-order valence-electron chi connectivity index (χ0n) is 37.0. The lowest BCUT2D eigenvalue weighted by molar-refractivity contribution is -0.139. The van der Waals surface area contributed by atoms with Crippen molar-refractivity contribution >= 4 is 17.9 Å². The van der Waals surface area contributed by atoms with Gasteiger partial charge in [-0.15, -0.1) is 0 Å². The number of likely N-dealkylation sites (tertiary alicyclic amines) is 3. The van der Waals surface area contributed by atoms with Gasteiger partial charge in [0.05, 0.1) is 35.9 Å². The lowest BCUT2D eigenvalue weighted by atomic mass is 9.85. The molecule has 3 N–H and O–H groups in total. The normalized spacial score (nSPS) is 22.5. The summed E-state index contributed by atoms with van der Waals surface area (Å²) in [5.74, 6) is 2.02. The first-order valence-corrected chi connectivity index (χ1v) is 23.3. The van der Waals surface area contributed by atoms with Crippen LogP contribution in [-0.4, -0.2) is 90.4 Å². The molecule has 0 bridgehead atoms. The number of alkyl carbamates (subject to hydrolysis) is 1. The van der Waals surface area contributed by atoms with Crippen molar-refractivity contribution in [2.75, 3.05) is 26.2 Å². The molecule has 3 saturated heterocycles. The molecule has 3 aliphatic heterocycles. The zero-order valence-corrected chi connectivity index (χ0v) is 37.0. The maximum absolute atomic E-state index is 14.4. The smallest absolute Gasteiger partial charge is 0.407 e. The number of rotatable bonds is 10. The number of imidazole rings is 2. The van der Waals surface area contributed by atoms with Gasteiger partial charge in [-0.1, -0.05) is 85.3 Å². The highest BCUT2D eigenvalue weighted by Gasteiger charge is 2.40. The summed E-state index contributed by atoms with van der Waals surface area (Å²) in [5.41, 5.74) is 6.72. The number of hydrogen-bond donors (Lipinski definition) is 3. The Labute approximate surface area is 371 Å². The van der Waals surface area contributed by atoms with Crippen molar-refractivity contribution in [1.29, 1.82) is 0 Å². The Kier molecular flexibility index (Phi) is 12.5. The number of carbonyl (C=O) groups excluding carboxylic acids is 3. The summed E-state index contributed by atoms with van der Waals surface area (Å²) in [6.45, 7) is 8.96. The van der Waals surface area contributed by atoms with Gasteiger partial charge in [-0.2, -0.15) is 0 Å². The van der Waals surface area contributed by atoms with E-state index in [0.29, 0.717) is 0 Å². The fourth-order valence-electron chi connectivity index (χ4n) is 10.3. The van der Waals surface area contributed by atoms with Crippen LogP contribution in [0.25, 0.3) is 33.6 Å². The first kappa shape index (κ1) is 42.5. The topological polar surface area (TPSA) is 140 Å². The van der Waals surface area contributed by atoms with E-state index in [1.54, 1.807) is 0 Å². The lowest BCUT2D eigenvalue weighted by Gasteiger charge is -2.37. The number of nitrogens with one attached hydrogen (secondary N) is 3. The molecule has 12 heteroatoms. The van der Waals surface area contributed by atoms with Crippen molar-refractivity contribution in [3.8, 4) is 33.6 Å². The second kappa shape index (κ2) is 18.5. The Morgan fingerprint density at radius 3 is 1.71 bits per heavy atom. The number of benzene rings is 3. The van der Waals surface area contributed by atoms with E-state index in [2.05, 4.69) is 85.7 Å². The molecule has 0 unspecified atom stereocenters. The Bertz CT molecular complexity index is 2340. The number of nitrogens with zero attached hydrogens (tertiary/aromatic N) is 5. The average molecular weight is 851 g/mol. The molecule has 3 aromatic carbocycles. The first-order valence-electron chi connectivity index (χ1n) is 23.3. The number of H-pyrrole nitrogens is 2. The van der Waals surface area contributed by atoms with Crippen LogP contribution >= 0.6 is 0 Å². The molecule has 330 valence electrons. The molecule has 63 heavy (non-hydrogen) atoms. The number of aromatic amines is 2. The molecule has 5 aromatic rings. The summed E-state index contributed by atoms with van der Waals surface area (Å²) in [5, 5.41) is 2.99. The van der Waals surface area contributed by atoms with Crippen molar-refractivity contribution in [1.82, 2.24) is 40.0 Å². The number of amides is 3. The van der Waals surface area contributed by atoms with E-state index in [1.807, 2.05) is 56.3 Å². The summed E-state index contributed by atoms with van der Waals surface area (Å²) in [6, 6.07) is 27.0. The van der Waals surface area contributed by atoms with E-state index in [9.17, 15) is 14.4 Å². The van der Waals surface area contributed by atoms with E-state index in [0.717, 1.165) is 141 Å². The van der Waals surface area contributed by atoms with Crippen LogP contribution in [0.3, 0.4) is 0 Å². The molecular formula is C51H62N8O4. The molecule has 4 fully saturated rings. The number of aromatic nitrogens is 4. The Morgan fingerprint density at radius 2 is 1.16 bits per heavy atom. The zero-order chi connectivity index (χ0) is 43.5. The van der Waals surface area contributed by atoms with Crippen molar-refractivity contribution in [2.45, 2.75) is 121 Å². The van der Waals surface area contributed by atoms with Crippen LogP contribution in [0.1, 0.15) is 127 Å². The Morgan fingerprint density at radius 1 is 0.635 bits per heavy atom. The first-order chi connectivity index (χ1) is 30.6. The number of hydrogen-bond acceptors (Lipinski definition) is 7. The highest BCUT2D eigenvalue weighted by molar-refractivity contribution is 5.84. The van der Waals surface area contributed by atoms with Gasteiger partial charge in [-0.25, -0.2) is 14.8 Å². The molecule has 5 heterocycles. The van der Waals surface area contributed by atoms with Gasteiger partial charge in [0, 0.05) is 25.0 Å². The van der Waals surface area contributed by atoms with Gasteiger partial charge in [0.15, 0.2) is 0 Å². The molecule has 1 aliphatic carbocycles. The minimum atomic E-state index is -0.537. The maximum atomic E-state index is 14.4. The minimum Gasteiger partial charge on any atom is -0.444 e. The second-order valence-electron chi connectivity index (χ2n) is 19.0. The quantitative estimate of drug-likeness (QED) is 0.127. The van der Waals surface area contributed by atoms with Crippen molar-refractivity contribution in [2.24, 2.45) is 5.92 Å². The maximum Gasteiger partial charge on any atom is 0.407 e. The second-order valence-corrected chi connectivity index (χ2v) is 19.0. The van der Waals surface area contributed by atoms with E-state index < -0.39 is 11.7 Å². The third kappa shape index (κ3) is 9.61. The summed E-state index contributed by atoms with van der Waals surface area (Å²) < 4.78 is 5.43. The fourth-order valence-corrected chi connectivity index (χ4v) is 10.3. The number of piperidine rings is 1. The number of ether oxygens (including phenoxy) is 1. The molecule has 2 aromatic heterocycles. The largest absolute Gasteiger partial charge is 0.444 e. The van der Waals surface area contributed by atoms with Crippen LogP contribution in [0.5, 0.6) is 0 Å². The molecule has 3 atom stereocenters. The predicted octanol–water partition coefficient (Wildman–Crippen LogP) is 9.77. The molecular weight excluding hydrogens is 789 g/mol. The molecule has 9 rings (SSSR count). The summed E-state index contributed by atoms with van der Waals surface area (Å²) in [7, 11) is 0. The molecule has 1 saturated carbocycles. The lowest BCUT2D eigenvalue weighted by Crippen LogP contribution is -2.44. The van der Waals surface area contributed by atoms with Gasteiger partial charge in [0.25, 0.3) is 0 Å². The monoisotopic (exact) mass is 850 g/mol. The predicted molar refractivity (Wildman–Crippen MR) is 244 cm³/mol. The molecule has 0 radical (unpaired) electrons. The highest BCUT2D eigenvalue weighted by Crippen LogP contribution is 2.38. The Balaban J connectivity index is 0.811. The standard InChI is InChI=1S/C51H62N8O4/c1-51(2,3)63-50(62)54-40-26-24-39(25-27-40)48(60)58-30-10-14-43(58)46-52-32-41(55-46)36-20-16-34(17-21-36)35-18-22-37(23-19-35)42-33-53-47(56-42)44-15-11-31-59(44)49(61)45(38-12-6-4-7-13-38)57-28-8-5-9-29-57/h4,6-7,12-13,16-23,32-33,39-40,43-45H,5,8-11,14-15,24-31H2,1-3H3,(H,52,55)(H,53,56)(H,54,62)/t39?,40?,43-,44-,45+/m0/s1.